The molecule has 1 aliphatic rings. The Bertz CT molecular complexity index is 917. The van der Waals surface area contributed by atoms with Crippen LogP contribution in [0.2, 0.25) is 0 Å². The molecule has 4 rings (SSSR count). The number of rotatable bonds is 4. The summed E-state index contributed by atoms with van der Waals surface area (Å²) in [5.74, 6) is 0.513. The molecule has 2 aromatic heterocycles. The van der Waals surface area contributed by atoms with Crippen molar-refractivity contribution in [3.05, 3.63) is 59.0 Å². The maximum Gasteiger partial charge on any atom is 0.254 e. The Hall–Kier alpha value is -2.81. The van der Waals surface area contributed by atoms with E-state index in [0.717, 1.165) is 16.6 Å². The predicted molar refractivity (Wildman–Crippen MR) is 96.0 cm³/mol. The molecular weight excluding hydrogens is 400 g/mol. The zero-order valence-electron chi connectivity index (χ0n) is 13.7. The van der Waals surface area contributed by atoms with Crippen LogP contribution in [0.5, 0.6) is 5.88 Å². The van der Waals surface area contributed by atoms with Crippen LogP contribution >= 0.6 is 15.9 Å². The van der Waals surface area contributed by atoms with E-state index in [2.05, 4.69) is 36.4 Å². The smallest absolute Gasteiger partial charge is 0.254 e. The molecule has 1 amide bonds. The quantitative estimate of drug-likeness (QED) is 0.649. The monoisotopic (exact) mass is 414 g/mol. The summed E-state index contributed by atoms with van der Waals surface area (Å²) in [4.78, 5) is 18.8. The average molecular weight is 415 g/mol. The number of tetrazole rings is 1. The van der Waals surface area contributed by atoms with Crippen molar-refractivity contribution in [1.82, 2.24) is 30.1 Å². The van der Waals surface area contributed by atoms with Crippen molar-refractivity contribution in [1.29, 1.82) is 0 Å². The third-order valence-electron chi connectivity index (χ3n) is 4.14. The van der Waals surface area contributed by atoms with Crippen LogP contribution in [0.25, 0.3) is 5.69 Å². The summed E-state index contributed by atoms with van der Waals surface area (Å²) < 4.78 is 8.25. The summed E-state index contributed by atoms with van der Waals surface area (Å²) in [5.41, 5.74) is 1.34. The molecular formula is C17H15BrN6O2. The molecule has 0 spiro atoms. The van der Waals surface area contributed by atoms with E-state index in [1.165, 1.54) is 11.0 Å². The van der Waals surface area contributed by atoms with Crippen LogP contribution in [0.3, 0.4) is 0 Å². The maximum atomic E-state index is 12.8. The molecule has 0 N–H and O–H groups in total. The van der Waals surface area contributed by atoms with Gasteiger partial charge in [0, 0.05) is 24.7 Å². The fourth-order valence-electron chi connectivity index (χ4n) is 2.87. The van der Waals surface area contributed by atoms with Crippen LogP contribution in [0.4, 0.5) is 0 Å². The first-order chi connectivity index (χ1) is 12.7. The first-order valence-electron chi connectivity index (χ1n) is 8.10. The Balaban J connectivity index is 1.45. The number of pyridine rings is 1. The molecule has 1 unspecified atom stereocenters. The molecule has 0 saturated carbocycles. The van der Waals surface area contributed by atoms with Crippen molar-refractivity contribution in [2.45, 2.75) is 12.5 Å². The second kappa shape index (κ2) is 7.20. The second-order valence-electron chi connectivity index (χ2n) is 5.87. The van der Waals surface area contributed by atoms with Gasteiger partial charge in [0.05, 0.1) is 16.7 Å². The highest BCUT2D eigenvalue weighted by molar-refractivity contribution is 9.10. The molecule has 0 radical (unpaired) electrons. The summed E-state index contributed by atoms with van der Waals surface area (Å²) in [6.45, 7) is 1.17. The molecule has 1 aliphatic heterocycles. The lowest BCUT2D eigenvalue weighted by atomic mass is 10.2. The van der Waals surface area contributed by atoms with E-state index in [9.17, 15) is 4.79 Å². The number of aromatic nitrogens is 5. The number of ether oxygens (including phenoxy) is 1. The lowest BCUT2D eigenvalue weighted by molar-refractivity contribution is 0.0771. The van der Waals surface area contributed by atoms with E-state index >= 15 is 0 Å². The first-order valence-corrected chi connectivity index (χ1v) is 8.90. The van der Waals surface area contributed by atoms with Gasteiger partial charge < -0.3 is 9.64 Å². The van der Waals surface area contributed by atoms with Gasteiger partial charge in [0.15, 0.2) is 0 Å². The largest absolute Gasteiger partial charge is 0.472 e. The topological polar surface area (TPSA) is 86.0 Å². The van der Waals surface area contributed by atoms with Gasteiger partial charge >= 0.3 is 0 Å². The summed E-state index contributed by atoms with van der Waals surface area (Å²) >= 11 is 3.42. The Kier molecular flexibility index (Phi) is 4.61. The van der Waals surface area contributed by atoms with Crippen LogP contribution in [0, 0.1) is 0 Å². The van der Waals surface area contributed by atoms with Crippen LogP contribution in [-0.4, -0.2) is 55.2 Å². The summed E-state index contributed by atoms with van der Waals surface area (Å²) in [5, 5.41) is 11.1. The van der Waals surface area contributed by atoms with Crippen molar-refractivity contribution in [2.75, 3.05) is 13.1 Å². The van der Waals surface area contributed by atoms with Gasteiger partial charge in [-0.1, -0.05) is 6.07 Å². The molecule has 8 nitrogen and oxygen atoms in total. The molecule has 3 heterocycles. The fraction of sp³-hybridized carbons (Fsp3) is 0.235. The Morgan fingerprint density at radius 3 is 3.00 bits per heavy atom. The van der Waals surface area contributed by atoms with Gasteiger partial charge in [0.1, 0.15) is 12.4 Å². The highest BCUT2D eigenvalue weighted by Gasteiger charge is 2.29. The van der Waals surface area contributed by atoms with E-state index in [1.807, 2.05) is 24.3 Å². The van der Waals surface area contributed by atoms with Crippen LogP contribution < -0.4 is 4.74 Å². The lowest BCUT2D eigenvalue weighted by Gasteiger charge is -2.17. The first kappa shape index (κ1) is 16.6. The molecule has 1 fully saturated rings. The molecule has 1 aromatic carbocycles. The number of hydrogen-bond acceptors (Lipinski definition) is 6. The number of hydrogen-bond donors (Lipinski definition) is 0. The minimum Gasteiger partial charge on any atom is -0.472 e. The van der Waals surface area contributed by atoms with Crippen molar-refractivity contribution in [2.24, 2.45) is 0 Å². The summed E-state index contributed by atoms with van der Waals surface area (Å²) in [6.07, 6.45) is 3.87. The van der Waals surface area contributed by atoms with Gasteiger partial charge in [-0.25, -0.2) is 9.67 Å². The number of carbonyl (C=O) groups is 1. The second-order valence-corrected chi connectivity index (χ2v) is 6.73. The highest BCUT2D eigenvalue weighted by Crippen LogP contribution is 2.25. The molecule has 0 bridgehead atoms. The lowest BCUT2D eigenvalue weighted by Crippen LogP contribution is -2.31. The average Bonchev–Trinajstić information content (AvgIpc) is 3.35. The number of carbonyl (C=O) groups excluding carboxylic acids is 1. The number of amides is 1. The van der Waals surface area contributed by atoms with E-state index in [1.54, 1.807) is 23.2 Å². The van der Waals surface area contributed by atoms with E-state index in [0.29, 0.717) is 24.5 Å². The molecule has 1 saturated heterocycles. The fourth-order valence-corrected chi connectivity index (χ4v) is 3.22. The van der Waals surface area contributed by atoms with E-state index in [4.69, 9.17) is 4.74 Å². The van der Waals surface area contributed by atoms with Crippen LogP contribution in [-0.2, 0) is 0 Å². The van der Waals surface area contributed by atoms with Gasteiger partial charge in [0.2, 0.25) is 5.88 Å². The minimum absolute atomic E-state index is 0.0360. The normalized spacial score (nSPS) is 16.7. The number of nitrogens with zero attached hydrogens (tertiary/aromatic N) is 6. The third kappa shape index (κ3) is 3.43. The molecule has 1 atom stereocenters. The van der Waals surface area contributed by atoms with Gasteiger partial charge in [-0.05, 0) is 56.7 Å². The Morgan fingerprint density at radius 2 is 2.19 bits per heavy atom. The zero-order valence-corrected chi connectivity index (χ0v) is 15.3. The molecule has 132 valence electrons. The molecule has 3 aromatic rings. The van der Waals surface area contributed by atoms with Crippen molar-refractivity contribution in [3.8, 4) is 11.6 Å². The zero-order chi connectivity index (χ0) is 17.9. The van der Waals surface area contributed by atoms with E-state index < -0.39 is 0 Å². The van der Waals surface area contributed by atoms with Gasteiger partial charge in [0.25, 0.3) is 5.91 Å². The number of halogens is 1. The van der Waals surface area contributed by atoms with Crippen molar-refractivity contribution in [3.63, 3.8) is 0 Å². The van der Waals surface area contributed by atoms with Gasteiger partial charge in [-0.15, -0.1) is 5.10 Å². The van der Waals surface area contributed by atoms with Crippen molar-refractivity contribution < 1.29 is 9.53 Å². The van der Waals surface area contributed by atoms with Crippen LogP contribution in [0.15, 0.2) is 53.4 Å². The van der Waals surface area contributed by atoms with Gasteiger partial charge in [-0.3, -0.25) is 4.79 Å². The maximum absolute atomic E-state index is 12.8. The molecule has 0 aliphatic carbocycles. The summed E-state index contributed by atoms with van der Waals surface area (Å²) in [6, 6.07) is 11.0. The number of benzene rings is 1. The Morgan fingerprint density at radius 1 is 1.27 bits per heavy atom. The molecule has 9 heteroatoms. The SMILES string of the molecule is O=C(c1cccc(-n2cnnn2)c1)N1CCC(Oc2ncccc2Br)C1. The standard InChI is InChI=1S/C17H15BrN6O2/c18-15-5-2-7-19-16(15)26-14-6-8-23(10-14)17(25)12-3-1-4-13(9-12)24-11-20-21-22-24/h1-5,7,9,11,14H,6,8,10H2. The van der Waals surface area contributed by atoms with E-state index in [-0.39, 0.29) is 12.0 Å². The van der Waals surface area contributed by atoms with Crippen molar-refractivity contribution >= 4 is 21.8 Å². The third-order valence-corrected chi connectivity index (χ3v) is 4.75. The summed E-state index contributed by atoms with van der Waals surface area (Å²) in [7, 11) is 0. The number of likely N-dealkylation sites (tertiary alicyclic amines) is 1. The van der Waals surface area contributed by atoms with Gasteiger partial charge in [-0.2, -0.15) is 0 Å². The Labute approximate surface area is 157 Å². The minimum atomic E-state index is -0.0761. The van der Waals surface area contributed by atoms with Crippen LogP contribution in [0.1, 0.15) is 16.8 Å². The highest BCUT2D eigenvalue weighted by atomic mass is 79.9. The molecule has 26 heavy (non-hydrogen) atoms. The predicted octanol–water partition coefficient (Wildman–Crippen LogP) is 2.11.